The third-order valence-corrected chi connectivity index (χ3v) is 0.614. The minimum Gasteiger partial charge on any atom is -0.315 e. The molecule has 0 aromatic carbocycles. The molecule has 39 valence electrons. The van der Waals surface area contributed by atoms with Crippen LogP contribution in [0.25, 0.3) is 0 Å². The van der Waals surface area contributed by atoms with Crippen LogP contribution in [-0.2, 0) is 4.79 Å². The van der Waals surface area contributed by atoms with E-state index in [1.807, 2.05) is 0 Å². The number of thiocarbonyl (C=S) groups is 1. The molecule has 1 amide bonds. The molecule has 0 aliphatic heterocycles. The highest BCUT2D eigenvalue weighted by Crippen LogP contribution is 1.69. The normalized spacial score (nSPS) is 7.57. The van der Waals surface area contributed by atoms with E-state index < -0.39 is 0 Å². The molecule has 0 aromatic rings. The first-order valence-electron chi connectivity index (χ1n) is 1.97. The van der Waals surface area contributed by atoms with Crippen LogP contribution in [0.5, 0.6) is 0 Å². The molecule has 0 aliphatic rings. The fourth-order valence-corrected chi connectivity index (χ4v) is 0.259. The number of carbonyl (C=O) groups is 1. The fourth-order valence-electron chi connectivity index (χ4n) is 0.145. The molecule has 0 saturated carbocycles. The van der Waals surface area contributed by atoms with Gasteiger partial charge in [0.25, 0.3) is 0 Å². The van der Waals surface area contributed by atoms with Crippen LogP contribution in [-0.4, -0.2) is 11.4 Å². The zero-order valence-corrected chi connectivity index (χ0v) is 4.84. The first-order chi connectivity index (χ1) is 3.31. The van der Waals surface area contributed by atoms with Gasteiger partial charge in [0.2, 0.25) is 5.91 Å². The largest absolute Gasteiger partial charge is 0.315 e. The molecule has 3 heteroatoms. The summed E-state index contributed by atoms with van der Waals surface area (Å²) in [7, 11) is 0. The fraction of sp³-hybridized carbons (Fsp3) is 0.500. The number of nitrogens with one attached hydrogen (secondary N) is 1. The summed E-state index contributed by atoms with van der Waals surface area (Å²) in [5, 5.41) is 2.22. The lowest BCUT2D eigenvalue weighted by Crippen LogP contribution is -2.18. The Labute approximate surface area is 47.9 Å². The highest BCUT2D eigenvalue weighted by atomic mass is 32.1. The Kier molecular flexibility index (Phi) is 3.50. The molecule has 0 rings (SSSR count). The van der Waals surface area contributed by atoms with Gasteiger partial charge >= 0.3 is 0 Å². The van der Waals surface area contributed by atoms with Gasteiger partial charge < -0.3 is 5.32 Å². The quantitative estimate of drug-likeness (QED) is 0.416. The molecule has 0 fully saturated rings. The van der Waals surface area contributed by atoms with E-state index in [-0.39, 0.29) is 5.91 Å². The molecule has 0 atom stereocenters. The summed E-state index contributed by atoms with van der Waals surface area (Å²) in [5.74, 6) is -0.0880. The van der Waals surface area contributed by atoms with E-state index >= 15 is 0 Å². The summed E-state index contributed by atoms with van der Waals surface area (Å²) in [5.41, 5.74) is 2.10. The van der Waals surface area contributed by atoms with Crippen molar-refractivity contribution < 1.29 is 4.79 Å². The molecule has 0 saturated heterocycles. The van der Waals surface area contributed by atoms with Crippen LogP contribution in [0.1, 0.15) is 13.3 Å². The Morgan fingerprint density at radius 1 is 2.00 bits per heavy atom. The van der Waals surface area contributed by atoms with Gasteiger partial charge in [0, 0.05) is 6.42 Å². The van der Waals surface area contributed by atoms with Gasteiger partial charge in [-0.1, -0.05) is 19.1 Å². The van der Waals surface area contributed by atoms with E-state index in [4.69, 9.17) is 0 Å². The van der Waals surface area contributed by atoms with Crippen molar-refractivity contribution in [1.29, 1.82) is 0 Å². The summed E-state index contributed by atoms with van der Waals surface area (Å²) < 4.78 is 0. The van der Waals surface area contributed by atoms with Crippen LogP contribution >= 0.6 is 12.2 Å². The zero-order chi connectivity index (χ0) is 5.70. The van der Waals surface area contributed by atoms with Gasteiger partial charge in [-0.2, -0.15) is 0 Å². The van der Waals surface area contributed by atoms with Gasteiger partial charge in [0.1, 0.15) is 5.49 Å². The molecule has 0 aromatic heterocycles. The highest BCUT2D eigenvalue weighted by molar-refractivity contribution is 7.78. The van der Waals surface area contributed by atoms with Gasteiger partial charge in [0.05, 0.1) is 0 Å². The van der Waals surface area contributed by atoms with Gasteiger partial charge in [-0.15, -0.1) is 0 Å². The van der Waals surface area contributed by atoms with Crippen LogP contribution in [0.3, 0.4) is 0 Å². The minimum atomic E-state index is -0.0880. The number of rotatable bonds is 2. The monoisotopic (exact) mass is 116 g/mol. The van der Waals surface area contributed by atoms with Crippen molar-refractivity contribution in [2.24, 2.45) is 0 Å². The second kappa shape index (κ2) is 3.74. The Balaban J connectivity index is 3.17. The maximum Gasteiger partial charge on any atom is 0.224 e. The van der Waals surface area contributed by atoms with Crippen molar-refractivity contribution in [2.75, 3.05) is 0 Å². The van der Waals surface area contributed by atoms with Crippen LogP contribution in [0.15, 0.2) is 0 Å². The molecule has 0 bridgehead atoms. The summed E-state index contributed by atoms with van der Waals surface area (Å²) in [6.45, 7) is 1.75. The van der Waals surface area contributed by atoms with Crippen LogP contribution < -0.4 is 5.32 Å². The average Bonchev–Trinajstić information content (AvgIpc) is 1.68. The van der Waals surface area contributed by atoms with Crippen molar-refractivity contribution >= 4 is 23.6 Å². The second-order valence-electron chi connectivity index (χ2n) is 1.00. The third kappa shape index (κ3) is 3.39. The Morgan fingerprint density at radius 2 is 2.57 bits per heavy atom. The lowest BCUT2D eigenvalue weighted by atomic mass is 10.5. The smallest absolute Gasteiger partial charge is 0.224 e. The van der Waals surface area contributed by atoms with E-state index in [0.29, 0.717) is 6.42 Å². The molecule has 1 radical (unpaired) electrons. The van der Waals surface area contributed by atoms with E-state index in [2.05, 4.69) is 23.0 Å². The summed E-state index contributed by atoms with van der Waals surface area (Å²) in [6.07, 6.45) is 0.462. The van der Waals surface area contributed by atoms with Crippen LogP contribution in [0, 0.1) is 0 Å². The van der Waals surface area contributed by atoms with Crippen LogP contribution in [0.2, 0.25) is 0 Å². The molecule has 0 aliphatic carbocycles. The van der Waals surface area contributed by atoms with Gasteiger partial charge in [-0.05, 0) is 0 Å². The zero-order valence-electron chi connectivity index (χ0n) is 4.02. The second-order valence-corrected chi connectivity index (χ2v) is 1.21. The predicted molar refractivity (Wildman–Crippen MR) is 31.0 cm³/mol. The molecule has 0 heterocycles. The molecule has 1 N–H and O–H groups in total. The molecule has 0 unspecified atom stereocenters. The van der Waals surface area contributed by atoms with Crippen molar-refractivity contribution in [1.82, 2.24) is 5.32 Å². The standard InChI is InChI=1S/C4H6NOS/c1-2-4(6)5-3-7/h2H2,1H3,(H,5,6,7). The number of hydrogen-bond acceptors (Lipinski definition) is 2. The lowest BCUT2D eigenvalue weighted by molar-refractivity contribution is -0.119. The van der Waals surface area contributed by atoms with Crippen molar-refractivity contribution in [3.05, 3.63) is 0 Å². The Bertz CT molecular complexity index is 81.8. The van der Waals surface area contributed by atoms with E-state index in [0.717, 1.165) is 0 Å². The maximum atomic E-state index is 10.2. The third-order valence-electron chi connectivity index (χ3n) is 0.512. The average molecular weight is 116 g/mol. The number of hydrogen-bond donors (Lipinski definition) is 1. The lowest BCUT2D eigenvalue weighted by Gasteiger charge is -1.86. The SMILES string of the molecule is CCC(=O)N[C]=S. The molecular weight excluding hydrogens is 110 g/mol. The topological polar surface area (TPSA) is 29.1 Å². The van der Waals surface area contributed by atoms with E-state index in [1.54, 1.807) is 6.92 Å². The maximum absolute atomic E-state index is 10.2. The minimum absolute atomic E-state index is 0.0880. The van der Waals surface area contributed by atoms with Gasteiger partial charge in [0.15, 0.2) is 0 Å². The van der Waals surface area contributed by atoms with Crippen LogP contribution in [0.4, 0.5) is 0 Å². The summed E-state index contributed by atoms with van der Waals surface area (Å²) in [6, 6.07) is 0. The van der Waals surface area contributed by atoms with E-state index in [9.17, 15) is 4.79 Å². The predicted octanol–water partition coefficient (Wildman–Crippen LogP) is 0.347. The van der Waals surface area contributed by atoms with Crippen molar-refractivity contribution in [3.8, 4) is 0 Å². The number of amides is 1. The molecular formula is C4H6NOS. The van der Waals surface area contributed by atoms with Gasteiger partial charge in [-0.25, -0.2) is 0 Å². The Hall–Kier alpha value is -0.440. The summed E-state index contributed by atoms with van der Waals surface area (Å²) in [4.78, 5) is 10.2. The van der Waals surface area contributed by atoms with Crippen molar-refractivity contribution in [3.63, 3.8) is 0 Å². The molecule has 7 heavy (non-hydrogen) atoms. The summed E-state index contributed by atoms with van der Waals surface area (Å²) >= 11 is 4.21. The number of carbonyl (C=O) groups excluding carboxylic acids is 1. The van der Waals surface area contributed by atoms with E-state index in [1.165, 1.54) is 0 Å². The Morgan fingerprint density at radius 3 is 2.71 bits per heavy atom. The first kappa shape index (κ1) is 6.56. The molecule has 0 spiro atoms. The first-order valence-corrected chi connectivity index (χ1v) is 2.38. The highest BCUT2D eigenvalue weighted by Gasteiger charge is 1.88. The van der Waals surface area contributed by atoms with Crippen molar-refractivity contribution in [2.45, 2.75) is 13.3 Å². The van der Waals surface area contributed by atoms with Gasteiger partial charge in [-0.3, -0.25) is 4.79 Å². The molecule has 2 nitrogen and oxygen atoms in total.